The van der Waals surface area contributed by atoms with Crippen molar-refractivity contribution >= 4 is 28.5 Å². The summed E-state index contributed by atoms with van der Waals surface area (Å²) in [7, 11) is 24.2. The average molecular weight is 674 g/mol. The predicted octanol–water partition coefficient (Wildman–Crippen LogP) is 8.18. The first-order valence-corrected chi connectivity index (χ1v) is 24.6. The monoisotopic (exact) mass is 674 g/mol. The number of anilines is 2. The molecule has 2 aliphatic carbocycles. The number of hydrogen-bond donors (Lipinski definition) is 0. The second-order valence-electron chi connectivity index (χ2n) is 10.5. The van der Waals surface area contributed by atoms with Crippen LogP contribution in [-0.2, 0) is 23.9 Å². The molecule has 2 aromatic carbocycles. The molecule has 0 amide bonds. The van der Waals surface area contributed by atoms with Crippen LogP contribution in [0.25, 0.3) is 0 Å². The fourth-order valence-electron chi connectivity index (χ4n) is 5.38. The van der Waals surface area contributed by atoms with Gasteiger partial charge in [0.15, 0.2) is 0 Å². The van der Waals surface area contributed by atoms with E-state index in [2.05, 4.69) is 139 Å². The maximum atomic E-state index is 7.99. The number of hydrogen-bond acceptors (Lipinski definition) is 2. The van der Waals surface area contributed by atoms with Crippen molar-refractivity contribution in [1.82, 2.24) is 0 Å². The van der Waals surface area contributed by atoms with Crippen LogP contribution in [0.4, 0.5) is 11.4 Å². The Bertz CT molecular complexity index is 1110. The molecule has 0 atom stereocenters. The minimum absolute atomic E-state index is 0.493. The van der Waals surface area contributed by atoms with Crippen LogP contribution in [0.5, 0.6) is 0 Å². The fraction of sp³-hybridized carbons (Fsp3) is 0.333. The Hall–Kier alpha value is -1.55. The van der Waals surface area contributed by atoms with Crippen LogP contribution in [0, 0.1) is 0 Å². The SMILES string of the molecule is CC1=C[C](c2ccc(N(C)C)cc2)([Hf]([Cl])([Cl])[C]2(c3ccc(N(C)C)cc3)C=C(C)C(C)=C2)C=C1C. The van der Waals surface area contributed by atoms with Gasteiger partial charge in [0.25, 0.3) is 0 Å². The minimum atomic E-state index is -4.48. The summed E-state index contributed by atoms with van der Waals surface area (Å²) < 4.78 is -0.986. The van der Waals surface area contributed by atoms with Crippen molar-refractivity contribution in [2.75, 3.05) is 38.0 Å². The van der Waals surface area contributed by atoms with E-state index in [4.69, 9.17) is 17.2 Å². The summed E-state index contributed by atoms with van der Waals surface area (Å²) in [5, 5.41) is 0. The number of nitrogens with zero attached hydrogens (tertiary/aromatic N) is 2. The maximum absolute atomic E-state index is 7.99. The molecule has 0 N–H and O–H groups in total. The molecule has 4 rings (SSSR count). The molecule has 0 fully saturated rings. The molecule has 2 aromatic rings. The van der Waals surface area contributed by atoms with Crippen molar-refractivity contribution < 1.29 is 17.6 Å². The summed E-state index contributed by atoms with van der Waals surface area (Å²) in [4.78, 5) is 4.24. The molecule has 184 valence electrons. The Kier molecular flexibility index (Phi) is 7.12. The average Bonchev–Trinajstić information content (AvgIpc) is 3.31. The Labute approximate surface area is 223 Å². The first kappa shape index (κ1) is 26.5. The van der Waals surface area contributed by atoms with Gasteiger partial charge in [0.2, 0.25) is 0 Å². The van der Waals surface area contributed by atoms with Crippen LogP contribution >= 0.6 is 17.2 Å². The van der Waals surface area contributed by atoms with Crippen molar-refractivity contribution in [1.29, 1.82) is 0 Å². The molecular formula is C30H36Cl2HfN2. The van der Waals surface area contributed by atoms with Crippen molar-refractivity contribution in [2.24, 2.45) is 0 Å². The van der Waals surface area contributed by atoms with E-state index >= 15 is 0 Å². The molecule has 0 saturated heterocycles. The molecule has 35 heavy (non-hydrogen) atoms. The third-order valence-corrected chi connectivity index (χ3v) is 29.6. The quantitative estimate of drug-likeness (QED) is 0.286. The van der Waals surface area contributed by atoms with Gasteiger partial charge in [-0.15, -0.1) is 0 Å². The van der Waals surface area contributed by atoms with Crippen LogP contribution in [0.15, 0.2) is 95.1 Å². The van der Waals surface area contributed by atoms with Crippen LogP contribution < -0.4 is 9.80 Å². The standard InChI is InChI=1S/2C15H18N.2ClH.Hf/c2*1-11-9-14(10-12(11)2)13-5-7-15(8-6-13)16(3)4;;;/h2*5-10H,1-4H3;2*1H;/q;;;;+2/p-2. The first-order valence-electron chi connectivity index (χ1n) is 12.1. The third kappa shape index (κ3) is 4.22. The number of rotatable bonds is 6. The number of allylic oxidation sites excluding steroid dienone is 8. The zero-order chi connectivity index (χ0) is 25.8. The molecule has 2 nitrogen and oxygen atoms in total. The summed E-state index contributed by atoms with van der Waals surface area (Å²) in [5.74, 6) is 0. The van der Waals surface area contributed by atoms with E-state index < -0.39 is 23.9 Å². The van der Waals surface area contributed by atoms with Crippen LogP contribution in [0.3, 0.4) is 0 Å². The van der Waals surface area contributed by atoms with Gasteiger partial charge in [-0.2, -0.15) is 0 Å². The van der Waals surface area contributed by atoms with Gasteiger partial charge in [0, 0.05) is 0 Å². The van der Waals surface area contributed by atoms with Gasteiger partial charge in [0.1, 0.15) is 0 Å². The van der Waals surface area contributed by atoms with Gasteiger partial charge in [-0.3, -0.25) is 0 Å². The molecule has 2 aliphatic rings. The molecule has 0 radical (unpaired) electrons. The zero-order valence-corrected chi connectivity index (χ0v) is 27.2. The van der Waals surface area contributed by atoms with Crippen LogP contribution in [0.1, 0.15) is 38.8 Å². The van der Waals surface area contributed by atoms with E-state index in [1.54, 1.807) is 0 Å². The van der Waals surface area contributed by atoms with Crippen molar-refractivity contribution in [3.05, 3.63) is 106 Å². The van der Waals surface area contributed by atoms with Gasteiger partial charge in [-0.05, 0) is 0 Å². The normalized spacial score (nSPS) is 18.6. The topological polar surface area (TPSA) is 6.48 Å². The van der Waals surface area contributed by atoms with Gasteiger partial charge in [0.05, 0.1) is 0 Å². The fourth-order valence-corrected chi connectivity index (χ4v) is 24.5. The van der Waals surface area contributed by atoms with Gasteiger partial charge in [-0.1, -0.05) is 0 Å². The van der Waals surface area contributed by atoms with E-state index in [0.29, 0.717) is 0 Å². The summed E-state index contributed by atoms with van der Waals surface area (Å²) in [6, 6.07) is 17.6. The molecule has 0 aromatic heterocycles. The van der Waals surface area contributed by atoms with Crippen LogP contribution in [-0.4, -0.2) is 28.2 Å². The van der Waals surface area contributed by atoms with Gasteiger partial charge < -0.3 is 0 Å². The van der Waals surface area contributed by atoms with E-state index in [9.17, 15) is 0 Å². The van der Waals surface area contributed by atoms with Crippen LogP contribution in [0.2, 0.25) is 0 Å². The summed E-state index contributed by atoms with van der Waals surface area (Å²) in [5.41, 5.74) is 9.70. The second-order valence-corrected chi connectivity index (χ2v) is 31.4. The summed E-state index contributed by atoms with van der Waals surface area (Å²) in [6.45, 7) is 8.70. The molecular weight excluding hydrogens is 638 g/mol. The molecule has 0 aliphatic heterocycles. The van der Waals surface area contributed by atoms with E-state index in [1.807, 2.05) is 0 Å². The van der Waals surface area contributed by atoms with Crippen molar-refractivity contribution in [3.63, 3.8) is 0 Å². The zero-order valence-electron chi connectivity index (χ0n) is 22.1. The van der Waals surface area contributed by atoms with Crippen molar-refractivity contribution in [2.45, 2.75) is 34.0 Å². The van der Waals surface area contributed by atoms with Crippen molar-refractivity contribution in [3.8, 4) is 0 Å². The number of benzene rings is 2. The third-order valence-electron chi connectivity index (χ3n) is 7.78. The Balaban J connectivity index is 1.99. The van der Waals surface area contributed by atoms with E-state index in [-0.39, 0.29) is 0 Å². The summed E-state index contributed by atoms with van der Waals surface area (Å²) >= 11 is -4.48. The number of halogens is 2. The molecule has 0 heterocycles. The molecule has 0 spiro atoms. The van der Waals surface area contributed by atoms with Gasteiger partial charge >= 0.3 is 224 Å². The molecule has 0 unspecified atom stereocenters. The summed E-state index contributed by atoms with van der Waals surface area (Å²) in [6.07, 6.45) is 9.43. The molecule has 0 bridgehead atoms. The molecule has 5 heteroatoms. The predicted molar refractivity (Wildman–Crippen MR) is 152 cm³/mol. The Morgan fingerprint density at radius 3 is 1.00 bits per heavy atom. The van der Waals surface area contributed by atoms with Gasteiger partial charge in [-0.25, -0.2) is 0 Å². The molecule has 0 saturated carbocycles. The second kappa shape index (κ2) is 9.39. The van der Waals surface area contributed by atoms with E-state index in [0.717, 1.165) is 11.4 Å². The van der Waals surface area contributed by atoms with E-state index in [1.165, 1.54) is 33.4 Å². The first-order chi connectivity index (χ1) is 16.3. The Morgan fingerprint density at radius 2 is 0.771 bits per heavy atom. The Morgan fingerprint density at radius 1 is 0.514 bits per heavy atom.